The second-order valence-corrected chi connectivity index (χ2v) is 5.64. The molecule has 0 atom stereocenters. The summed E-state index contributed by atoms with van der Waals surface area (Å²) in [5.74, 6) is 0. The van der Waals surface area contributed by atoms with Gasteiger partial charge in [0.1, 0.15) is 0 Å². The van der Waals surface area contributed by atoms with E-state index in [4.69, 9.17) is 0 Å². The first-order valence-electron chi connectivity index (χ1n) is 4.56. The molecule has 0 N–H and O–H groups in total. The Morgan fingerprint density at radius 2 is 2.17 bits per heavy atom. The molecule has 0 spiro atoms. The van der Waals surface area contributed by atoms with Crippen molar-refractivity contribution in [3.8, 4) is 0 Å². The molecule has 0 aromatic carbocycles. The molecule has 2 rings (SSSR count). The van der Waals surface area contributed by atoms with Gasteiger partial charge in [-0.15, -0.1) is 0 Å². The summed E-state index contributed by atoms with van der Waals surface area (Å²) in [5, 5.41) is 3.44. The lowest BCUT2D eigenvalue weighted by Gasteiger charge is -2.03. The van der Waals surface area contributed by atoms with E-state index in [1.165, 1.54) is 18.4 Å². The van der Waals surface area contributed by atoms with Gasteiger partial charge in [0, 0.05) is 0 Å². The lowest BCUT2D eigenvalue weighted by atomic mass is 10.3. The van der Waals surface area contributed by atoms with Crippen LogP contribution in [-0.2, 0) is 0 Å². The molecule has 0 unspecified atom stereocenters. The maximum atomic E-state index is 2.31. The fourth-order valence-electron chi connectivity index (χ4n) is 1.77. The average molecular weight is 174 g/mol. The Hall–Kier alpha value is -0.823. The van der Waals surface area contributed by atoms with Crippen molar-refractivity contribution in [2.24, 2.45) is 0 Å². The van der Waals surface area contributed by atoms with Gasteiger partial charge in [0.2, 0.25) is 0 Å². The molecule has 0 aromatic rings. The molecule has 0 aromatic heterocycles. The monoisotopic (exact) mass is 174 g/mol. The molecule has 0 radical (unpaired) electrons. The Morgan fingerprint density at radius 3 is 2.75 bits per heavy atom. The van der Waals surface area contributed by atoms with Gasteiger partial charge in [-0.1, -0.05) is 46.3 Å². The van der Waals surface area contributed by atoms with Gasteiger partial charge in [-0.2, -0.15) is 0 Å². The first-order valence-corrected chi connectivity index (χ1v) is 5.97. The third-order valence-corrected chi connectivity index (χ3v) is 4.83. The van der Waals surface area contributed by atoms with Gasteiger partial charge >= 0.3 is 0 Å². The van der Waals surface area contributed by atoms with Gasteiger partial charge in [0.05, 0.1) is 9.52 Å². The van der Waals surface area contributed by atoms with E-state index in [0.29, 0.717) is 0 Å². The zero-order valence-electron chi connectivity index (χ0n) is 7.51. The minimum Gasteiger partial charge on any atom is -0.0809 e. The molecule has 0 fully saturated rings. The van der Waals surface area contributed by atoms with Crippen LogP contribution in [0.5, 0.6) is 0 Å². The van der Waals surface area contributed by atoms with E-state index in [0.717, 1.165) is 0 Å². The Bertz CT molecular complexity index is 303. The number of hydrogen-bond acceptors (Lipinski definition) is 0. The largest absolute Gasteiger partial charge is 0.0809 e. The van der Waals surface area contributed by atoms with Crippen molar-refractivity contribution in [3.63, 3.8) is 0 Å². The van der Waals surface area contributed by atoms with Crippen LogP contribution in [0.2, 0.25) is 0 Å². The molecular formula is C11H14Si. The van der Waals surface area contributed by atoms with Gasteiger partial charge < -0.3 is 0 Å². The minimum atomic E-state index is -0.0675. The molecule has 0 amide bonds. The highest BCUT2D eigenvalue weighted by Gasteiger charge is 2.08. The van der Waals surface area contributed by atoms with E-state index in [-0.39, 0.29) is 9.52 Å². The van der Waals surface area contributed by atoms with Crippen LogP contribution >= 0.6 is 0 Å². The van der Waals surface area contributed by atoms with Crippen molar-refractivity contribution in [1.29, 1.82) is 0 Å². The van der Waals surface area contributed by atoms with E-state index in [9.17, 15) is 0 Å². The van der Waals surface area contributed by atoms with E-state index in [1.807, 2.05) is 0 Å². The third kappa shape index (κ3) is 1.51. The lowest BCUT2D eigenvalue weighted by Crippen LogP contribution is -1.99. The van der Waals surface area contributed by atoms with Crippen molar-refractivity contribution in [2.45, 2.75) is 19.8 Å². The number of allylic oxidation sites excluding steroid dienone is 8. The normalized spacial score (nSPS) is 21.9. The van der Waals surface area contributed by atoms with Crippen molar-refractivity contribution in [1.82, 2.24) is 0 Å². The highest BCUT2D eigenvalue weighted by atomic mass is 28.2. The predicted octanol–water partition coefficient (Wildman–Crippen LogP) is 2.23. The average Bonchev–Trinajstić information content (AvgIpc) is 2.65. The maximum Gasteiger partial charge on any atom is 0.0784 e. The van der Waals surface area contributed by atoms with Crippen LogP contribution in [0.15, 0.2) is 46.3 Å². The van der Waals surface area contributed by atoms with Crippen molar-refractivity contribution in [3.05, 3.63) is 46.3 Å². The second kappa shape index (κ2) is 3.28. The quantitative estimate of drug-likeness (QED) is 0.563. The van der Waals surface area contributed by atoms with Crippen LogP contribution in [0.3, 0.4) is 0 Å². The van der Waals surface area contributed by atoms with Crippen LogP contribution in [0.1, 0.15) is 19.8 Å². The topological polar surface area (TPSA) is 0 Å². The number of rotatable bonds is 2. The summed E-state index contributed by atoms with van der Waals surface area (Å²) in [6, 6.07) is 0. The highest BCUT2D eigenvalue weighted by Crippen LogP contribution is 2.21. The molecule has 12 heavy (non-hydrogen) atoms. The molecule has 0 saturated heterocycles. The summed E-state index contributed by atoms with van der Waals surface area (Å²) in [6.45, 7) is 2.24. The summed E-state index contributed by atoms with van der Waals surface area (Å²) in [5.41, 5.74) is 1.54. The maximum absolute atomic E-state index is 2.31. The Balaban J connectivity index is 2.01. The van der Waals surface area contributed by atoms with Crippen LogP contribution in [0, 0.1) is 0 Å². The standard InChI is InChI=1S/C11H14Si/c1-9-5-4-8-11(9)12-10-6-2-3-7-10/h2-6H,7-8,12H2,1H3. The van der Waals surface area contributed by atoms with Crippen molar-refractivity contribution < 1.29 is 0 Å². The molecule has 0 heterocycles. The van der Waals surface area contributed by atoms with Gasteiger partial charge in [0.15, 0.2) is 0 Å². The van der Waals surface area contributed by atoms with Crippen molar-refractivity contribution in [2.75, 3.05) is 0 Å². The molecular weight excluding hydrogens is 160 g/mol. The van der Waals surface area contributed by atoms with Crippen LogP contribution < -0.4 is 0 Å². The smallest absolute Gasteiger partial charge is 0.0784 e. The molecule has 2 aliphatic rings. The molecule has 0 saturated carbocycles. The van der Waals surface area contributed by atoms with Gasteiger partial charge in [0.25, 0.3) is 0 Å². The highest BCUT2D eigenvalue weighted by molar-refractivity contribution is 6.54. The summed E-state index contributed by atoms with van der Waals surface area (Å²) < 4.78 is 0. The zero-order chi connectivity index (χ0) is 8.39. The summed E-state index contributed by atoms with van der Waals surface area (Å²) in [7, 11) is -0.0675. The van der Waals surface area contributed by atoms with Crippen LogP contribution in [-0.4, -0.2) is 9.52 Å². The summed E-state index contributed by atoms with van der Waals surface area (Å²) >= 11 is 0. The Kier molecular flexibility index (Phi) is 2.13. The Labute approximate surface area is 76.2 Å². The first-order chi connectivity index (χ1) is 5.86. The fraction of sp³-hybridized carbons (Fsp3) is 0.273. The fourth-order valence-corrected chi connectivity index (χ4v) is 3.59. The summed E-state index contributed by atoms with van der Waals surface area (Å²) in [4.78, 5) is 0. The molecule has 2 aliphatic carbocycles. The predicted molar refractivity (Wildman–Crippen MR) is 56.8 cm³/mol. The molecule has 1 heteroatoms. The molecule has 62 valence electrons. The number of hydrogen-bond donors (Lipinski definition) is 0. The second-order valence-electron chi connectivity index (χ2n) is 3.53. The van der Waals surface area contributed by atoms with Crippen LogP contribution in [0.25, 0.3) is 0 Å². The third-order valence-electron chi connectivity index (χ3n) is 2.58. The van der Waals surface area contributed by atoms with E-state index >= 15 is 0 Å². The SMILES string of the molecule is CC1=C([SiH2]C2=CC=CC2)CC=C1. The lowest BCUT2D eigenvalue weighted by molar-refractivity contribution is 1.33. The Morgan fingerprint density at radius 1 is 1.25 bits per heavy atom. The van der Waals surface area contributed by atoms with Gasteiger partial charge in [-0.25, -0.2) is 0 Å². The van der Waals surface area contributed by atoms with Gasteiger partial charge in [-0.3, -0.25) is 0 Å². The molecule has 0 aliphatic heterocycles. The zero-order valence-corrected chi connectivity index (χ0v) is 8.92. The minimum absolute atomic E-state index is 0.0675. The first kappa shape index (κ1) is 7.81. The summed E-state index contributed by atoms with van der Waals surface area (Å²) in [6.07, 6.45) is 13.8. The molecule has 0 nitrogen and oxygen atoms in total. The van der Waals surface area contributed by atoms with E-state index in [2.05, 4.69) is 37.3 Å². The van der Waals surface area contributed by atoms with Crippen molar-refractivity contribution >= 4 is 9.52 Å². The van der Waals surface area contributed by atoms with Gasteiger partial charge in [-0.05, 0) is 19.8 Å². The van der Waals surface area contributed by atoms with E-state index in [1.54, 1.807) is 10.4 Å². The van der Waals surface area contributed by atoms with Crippen LogP contribution in [0.4, 0.5) is 0 Å². The molecule has 0 bridgehead atoms. The van der Waals surface area contributed by atoms with E-state index < -0.39 is 0 Å².